The summed E-state index contributed by atoms with van der Waals surface area (Å²) in [6, 6.07) is 8.10. The Balaban J connectivity index is 2.32. The lowest BCUT2D eigenvalue weighted by atomic mass is 10.2. The van der Waals surface area contributed by atoms with Gasteiger partial charge in [-0.05, 0) is 37.2 Å². The van der Waals surface area contributed by atoms with Crippen LogP contribution in [0.25, 0.3) is 11.0 Å². The first kappa shape index (κ1) is 9.74. The topological polar surface area (TPSA) is 39.2 Å². The number of furan rings is 1. The minimum absolute atomic E-state index is 0.709. The smallest absolute Gasteiger partial charge is 0.134 e. The molecule has 0 radical (unpaired) electrons. The molecule has 1 aromatic carbocycles. The van der Waals surface area contributed by atoms with Gasteiger partial charge in [-0.3, -0.25) is 0 Å². The van der Waals surface area contributed by atoms with Crippen LogP contribution in [-0.4, -0.2) is 6.54 Å². The Hall–Kier alpha value is -0.800. The van der Waals surface area contributed by atoms with Gasteiger partial charge < -0.3 is 10.2 Å². The molecule has 0 spiro atoms. The zero-order chi connectivity index (χ0) is 9.97. The number of hydrogen-bond donors (Lipinski definition) is 1. The number of fused-ring (bicyclic) bond motifs is 1. The molecule has 0 aliphatic carbocycles. The summed E-state index contributed by atoms with van der Waals surface area (Å²) in [7, 11) is 0. The molecule has 74 valence electrons. The van der Waals surface area contributed by atoms with E-state index in [2.05, 4.69) is 28.1 Å². The van der Waals surface area contributed by atoms with E-state index in [0.717, 1.165) is 34.0 Å². The van der Waals surface area contributed by atoms with Crippen LogP contribution in [0, 0.1) is 0 Å². The van der Waals surface area contributed by atoms with Crippen molar-refractivity contribution in [1.82, 2.24) is 0 Å². The highest BCUT2D eigenvalue weighted by Gasteiger charge is 2.03. The summed E-state index contributed by atoms with van der Waals surface area (Å²) in [5.41, 5.74) is 6.39. The number of halogens is 1. The summed E-state index contributed by atoms with van der Waals surface area (Å²) in [4.78, 5) is 0. The Morgan fingerprint density at radius 1 is 1.29 bits per heavy atom. The Bertz CT molecular complexity index is 436. The highest BCUT2D eigenvalue weighted by atomic mass is 79.9. The van der Waals surface area contributed by atoms with Crippen molar-refractivity contribution in [3.63, 3.8) is 0 Å². The lowest BCUT2D eigenvalue weighted by Gasteiger charge is -1.91. The van der Waals surface area contributed by atoms with Crippen molar-refractivity contribution in [3.05, 3.63) is 34.5 Å². The van der Waals surface area contributed by atoms with Gasteiger partial charge in [-0.15, -0.1) is 0 Å². The molecule has 2 rings (SSSR count). The van der Waals surface area contributed by atoms with E-state index in [1.165, 1.54) is 0 Å². The second-order valence-corrected chi connectivity index (χ2v) is 4.20. The van der Waals surface area contributed by atoms with Crippen molar-refractivity contribution in [3.8, 4) is 0 Å². The van der Waals surface area contributed by atoms with Gasteiger partial charge in [-0.2, -0.15) is 0 Å². The first-order chi connectivity index (χ1) is 6.79. The third kappa shape index (κ3) is 1.99. The molecule has 0 unspecified atom stereocenters. The Morgan fingerprint density at radius 3 is 2.93 bits per heavy atom. The second kappa shape index (κ2) is 4.15. The monoisotopic (exact) mass is 253 g/mol. The number of aryl methyl sites for hydroxylation is 1. The minimum Gasteiger partial charge on any atom is -0.461 e. The average Bonchev–Trinajstić information content (AvgIpc) is 2.56. The van der Waals surface area contributed by atoms with E-state index in [4.69, 9.17) is 10.2 Å². The summed E-state index contributed by atoms with van der Waals surface area (Å²) >= 11 is 3.43. The molecule has 1 aromatic heterocycles. The number of nitrogens with two attached hydrogens (primary N) is 1. The molecule has 3 heteroatoms. The van der Waals surface area contributed by atoms with E-state index in [0.29, 0.717) is 6.54 Å². The summed E-state index contributed by atoms with van der Waals surface area (Å²) in [6.45, 7) is 0.709. The van der Waals surface area contributed by atoms with Crippen molar-refractivity contribution < 1.29 is 4.42 Å². The zero-order valence-corrected chi connectivity index (χ0v) is 9.38. The first-order valence-corrected chi connectivity index (χ1v) is 5.47. The van der Waals surface area contributed by atoms with Crippen LogP contribution in [-0.2, 0) is 6.42 Å². The Labute approximate surface area is 91.2 Å². The summed E-state index contributed by atoms with van der Waals surface area (Å²) < 4.78 is 6.73. The fourth-order valence-corrected chi connectivity index (χ4v) is 1.85. The lowest BCUT2D eigenvalue weighted by Crippen LogP contribution is -1.99. The van der Waals surface area contributed by atoms with Crippen molar-refractivity contribution in [2.24, 2.45) is 5.73 Å². The van der Waals surface area contributed by atoms with E-state index in [1.807, 2.05) is 12.1 Å². The van der Waals surface area contributed by atoms with Crippen molar-refractivity contribution in [2.75, 3.05) is 6.54 Å². The summed E-state index contributed by atoms with van der Waals surface area (Å²) in [5, 5.41) is 1.14. The molecular weight excluding hydrogens is 242 g/mol. The molecule has 14 heavy (non-hydrogen) atoms. The fourth-order valence-electron chi connectivity index (χ4n) is 1.47. The van der Waals surface area contributed by atoms with Gasteiger partial charge in [0.05, 0.1) is 0 Å². The van der Waals surface area contributed by atoms with Gasteiger partial charge in [0.15, 0.2) is 0 Å². The third-order valence-corrected chi connectivity index (χ3v) is 2.65. The number of hydrogen-bond acceptors (Lipinski definition) is 2. The standard InChI is InChI=1S/C11H12BrNO/c12-9-3-4-11-8(6-9)7-10(14-11)2-1-5-13/h3-4,6-7H,1-2,5,13H2. The van der Waals surface area contributed by atoms with E-state index in [1.54, 1.807) is 0 Å². The molecule has 0 bridgehead atoms. The van der Waals surface area contributed by atoms with Gasteiger partial charge in [0.25, 0.3) is 0 Å². The van der Waals surface area contributed by atoms with Crippen molar-refractivity contribution >= 4 is 26.9 Å². The third-order valence-electron chi connectivity index (χ3n) is 2.16. The molecule has 2 nitrogen and oxygen atoms in total. The van der Waals surface area contributed by atoms with Crippen LogP contribution >= 0.6 is 15.9 Å². The van der Waals surface area contributed by atoms with Crippen LogP contribution in [0.5, 0.6) is 0 Å². The molecule has 2 aromatic rings. The summed E-state index contributed by atoms with van der Waals surface area (Å²) in [5.74, 6) is 1.02. The molecule has 1 heterocycles. The molecule has 0 aliphatic heterocycles. The molecular formula is C11H12BrNO. The normalized spacial score (nSPS) is 11.0. The van der Waals surface area contributed by atoms with Crippen molar-refractivity contribution in [1.29, 1.82) is 0 Å². The molecule has 0 saturated carbocycles. The van der Waals surface area contributed by atoms with Crippen LogP contribution in [0.2, 0.25) is 0 Å². The Morgan fingerprint density at radius 2 is 2.14 bits per heavy atom. The highest BCUT2D eigenvalue weighted by Crippen LogP contribution is 2.23. The Kier molecular flexibility index (Phi) is 2.89. The summed E-state index contributed by atoms with van der Waals surface area (Å²) in [6.07, 6.45) is 1.89. The largest absolute Gasteiger partial charge is 0.461 e. The van der Waals surface area contributed by atoms with Crippen LogP contribution in [0.15, 0.2) is 33.2 Å². The highest BCUT2D eigenvalue weighted by molar-refractivity contribution is 9.10. The predicted molar refractivity (Wildman–Crippen MR) is 61.3 cm³/mol. The van der Waals surface area contributed by atoms with Gasteiger partial charge in [0, 0.05) is 16.3 Å². The van der Waals surface area contributed by atoms with E-state index in [9.17, 15) is 0 Å². The fraction of sp³-hybridized carbons (Fsp3) is 0.273. The lowest BCUT2D eigenvalue weighted by molar-refractivity contribution is 0.540. The van der Waals surface area contributed by atoms with Gasteiger partial charge in [-0.1, -0.05) is 15.9 Å². The van der Waals surface area contributed by atoms with E-state index >= 15 is 0 Å². The number of benzene rings is 1. The van der Waals surface area contributed by atoms with Gasteiger partial charge in [0.1, 0.15) is 11.3 Å². The molecule has 0 saturated heterocycles. The maximum absolute atomic E-state index is 5.65. The molecule has 0 fully saturated rings. The number of rotatable bonds is 3. The quantitative estimate of drug-likeness (QED) is 0.914. The second-order valence-electron chi connectivity index (χ2n) is 3.29. The van der Waals surface area contributed by atoms with Gasteiger partial charge in [0.2, 0.25) is 0 Å². The average molecular weight is 254 g/mol. The van der Waals surface area contributed by atoms with Crippen LogP contribution in [0.1, 0.15) is 12.2 Å². The predicted octanol–water partition coefficient (Wildman–Crippen LogP) is 3.09. The maximum atomic E-state index is 5.65. The van der Waals surface area contributed by atoms with Crippen LogP contribution in [0.3, 0.4) is 0 Å². The molecule has 0 aliphatic rings. The van der Waals surface area contributed by atoms with Gasteiger partial charge in [-0.25, -0.2) is 0 Å². The molecule has 0 atom stereocenters. The molecule has 2 N–H and O–H groups in total. The molecule has 0 amide bonds. The maximum Gasteiger partial charge on any atom is 0.134 e. The minimum atomic E-state index is 0.709. The zero-order valence-electron chi connectivity index (χ0n) is 7.79. The van der Waals surface area contributed by atoms with Crippen LogP contribution in [0.4, 0.5) is 0 Å². The van der Waals surface area contributed by atoms with Crippen molar-refractivity contribution in [2.45, 2.75) is 12.8 Å². The van der Waals surface area contributed by atoms with E-state index < -0.39 is 0 Å². The van der Waals surface area contributed by atoms with E-state index in [-0.39, 0.29) is 0 Å². The first-order valence-electron chi connectivity index (χ1n) is 4.67. The van der Waals surface area contributed by atoms with Gasteiger partial charge >= 0.3 is 0 Å². The SMILES string of the molecule is NCCCc1cc2cc(Br)ccc2o1. The van der Waals surface area contributed by atoms with Crippen LogP contribution < -0.4 is 5.73 Å².